The Hall–Kier alpha value is -2.08. The summed E-state index contributed by atoms with van der Waals surface area (Å²) in [6.07, 6.45) is 1.11. The fourth-order valence-corrected chi connectivity index (χ4v) is 1.31. The van der Waals surface area contributed by atoms with Gasteiger partial charge in [0.2, 0.25) is 0 Å². The van der Waals surface area contributed by atoms with Crippen molar-refractivity contribution >= 4 is 22.7 Å². The first-order chi connectivity index (χ1) is 7.79. The van der Waals surface area contributed by atoms with Gasteiger partial charge in [0.1, 0.15) is 6.61 Å². The molecular formula is C10H11N3O3. The summed E-state index contributed by atoms with van der Waals surface area (Å²) in [4.78, 5) is 11.2. The lowest BCUT2D eigenvalue weighted by atomic mass is 10.2. The summed E-state index contributed by atoms with van der Waals surface area (Å²) >= 11 is 0. The predicted octanol–water partition coefficient (Wildman–Crippen LogP) is 1.10. The molecule has 84 valence electrons. The molecule has 2 rings (SSSR count). The van der Waals surface area contributed by atoms with Crippen LogP contribution in [0.15, 0.2) is 24.4 Å². The van der Waals surface area contributed by atoms with E-state index in [-0.39, 0.29) is 13.2 Å². The Kier molecular flexibility index (Phi) is 3.02. The molecule has 16 heavy (non-hydrogen) atoms. The Balaban J connectivity index is 2.06. The van der Waals surface area contributed by atoms with E-state index in [0.29, 0.717) is 5.69 Å². The van der Waals surface area contributed by atoms with E-state index in [1.165, 1.54) is 0 Å². The summed E-state index contributed by atoms with van der Waals surface area (Å²) in [5.74, 6) is 0. The van der Waals surface area contributed by atoms with E-state index in [2.05, 4.69) is 20.3 Å². The fourth-order valence-electron chi connectivity index (χ4n) is 1.31. The number of benzene rings is 1. The van der Waals surface area contributed by atoms with Gasteiger partial charge in [-0.1, -0.05) is 0 Å². The molecule has 1 heterocycles. The van der Waals surface area contributed by atoms with Crippen molar-refractivity contribution in [2.75, 3.05) is 18.5 Å². The van der Waals surface area contributed by atoms with Crippen LogP contribution in [-0.4, -0.2) is 34.6 Å². The van der Waals surface area contributed by atoms with E-state index in [4.69, 9.17) is 5.11 Å². The third kappa shape index (κ3) is 2.29. The first-order valence-corrected chi connectivity index (χ1v) is 4.77. The number of rotatable bonds is 3. The van der Waals surface area contributed by atoms with Crippen LogP contribution in [0.2, 0.25) is 0 Å². The van der Waals surface area contributed by atoms with Gasteiger partial charge in [0.15, 0.2) is 0 Å². The molecule has 0 bridgehead atoms. The summed E-state index contributed by atoms with van der Waals surface area (Å²) < 4.78 is 4.66. The van der Waals surface area contributed by atoms with Gasteiger partial charge in [-0.05, 0) is 18.2 Å². The normalized spacial score (nSPS) is 10.3. The monoisotopic (exact) mass is 221 g/mol. The van der Waals surface area contributed by atoms with Crippen molar-refractivity contribution in [3.63, 3.8) is 0 Å². The third-order valence-electron chi connectivity index (χ3n) is 2.01. The fraction of sp³-hybridized carbons (Fsp3) is 0.200. The number of aliphatic hydroxyl groups excluding tert-OH is 1. The largest absolute Gasteiger partial charge is 0.447 e. The minimum absolute atomic E-state index is 0.0157. The van der Waals surface area contributed by atoms with Gasteiger partial charge in [-0.25, -0.2) is 4.79 Å². The number of amides is 1. The molecule has 0 saturated heterocycles. The minimum atomic E-state index is -0.590. The summed E-state index contributed by atoms with van der Waals surface area (Å²) in [6, 6.07) is 5.33. The van der Waals surface area contributed by atoms with Crippen LogP contribution in [0, 0.1) is 0 Å². The summed E-state index contributed by atoms with van der Waals surface area (Å²) in [5.41, 5.74) is 1.44. The molecule has 0 atom stereocenters. The molecule has 0 unspecified atom stereocenters. The van der Waals surface area contributed by atoms with Crippen molar-refractivity contribution in [1.82, 2.24) is 10.2 Å². The van der Waals surface area contributed by atoms with Gasteiger partial charge in [-0.3, -0.25) is 10.4 Å². The van der Waals surface area contributed by atoms with Crippen LogP contribution >= 0.6 is 0 Å². The highest BCUT2D eigenvalue weighted by molar-refractivity contribution is 5.89. The number of carbonyl (C=O) groups excluding carboxylic acids is 1. The average Bonchev–Trinajstić information content (AvgIpc) is 2.73. The van der Waals surface area contributed by atoms with E-state index in [1.54, 1.807) is 18.3 Å². The van der Waals surface area contributed by atoms with Crippen LogP contribution in [-0.2, 0) is 4.74 Å². The summed E-state index contributed by atoms with van der Waals surface area (Å²) in [7, 11) is 0. The van der Waals surface area contributed by atoms with Crippen molar-refractivity contribution in [3.8, 4) is 0 Å². The number of aromatic amines is 1. The minimum Gasteiger partial charge on any atom is -0.447 e. The van der Waals surface area contributed by atoms with Crippen LogP contribution in [0.5, 0.6) is 0 Å². The first kappa shape index (κ1) is 10.4. The van der Waals surface area contributed by atoms with Crippen molar-refractivity contribution in [2.45, 2.75) is 0 Å². The molecule has 1 amide bonds. The average molecular weight is 221 g/mol. The maximum atomic E-state index is 11.2. The van der Waals surface area contributed by atoms with Crippen LogP contribution in [0.25, 0.3) is 10.9 Å². The van der Waals surface area contributed by atoms with Crippen molar-refractivity contribution in [2.24, 2.45) is 0 Å². The molecule has 3 N–H and O–H groups in total. The number of hydrogen-bond donors (Lipinski definition) is 3. The van der Waals surface area contributed by atoms with E-state index in [9.17, 15) is 4.79 Å². The van der Waals surface area contributed by atoms with E-state index in [1.807, 2.05) is 6.07 Å². The molecule has 1 aromatic carbocycles. The first-order valence-electron chi connectivity index (χ1n) is 4.77. The molecule has 6 heteroatoms. The zero-order valence-corrected chi connectivity index (χ0v) is 8.43. The highest BCUT2D eigenvalue weighted by atomic mass is 16.6. The van der Waals surface area contributed by atoms with Gasteiger partial charge in [-0.15, -0.1) is 0 Å². The lowest BCUT2D eigenvalue weighted by Gasteiger charge is -2.05. The molecular weight excluding hydrogens is 210 g/mol. The molecule has 0 aliphatic rings. The van der Waals surface area contributed by atoms with Gasteiger partial charge < -0.3 is 9.84 Å². The van der Waals surface area contributed by atoms with Crippen LogP contribution in [0.1, 0.15) is 0 Å². The zero-order chi connectivity index (χ0) is 11.4. The van der Waals surface area contributed by atoms with Crippen LogP contribution < -0.4 is 5.32 Å². The van der Waals surface area contributed by atoms with Gasteiger partial charge in [0, 0.05) is 11.1 Å². The quantitative estimate of drug-likeness (QED) is 0.724. The second kappa shape index (κ2) is 4.63. The molecule has 1 aromatic heterocycles. The van der Waals surface area contributed by atoms with E-state index >= 15 is 0 Å². The van der Waals surface area contributed by atoms with Crippen molar-refractivity contribution in [1.29, 1.82) is 0 Å². The Morgan fingerprint density at radius 3 is 3.25 bits per heavy atom. The highest BCUT2D eigenvalue weighted by Crippen LogP contribution is 2.16. The number of nitrogens with one attached hydrogen (secondary N) is 2. The van der Waals surface area contributed by atoms with Gasteiger partial charge in [0.25, 0.3) is 0 Å². The SMILES string of the molecule is O=C(Nc1ccc2cn[nH]c2c1)OCCO. The number of anilines is 1. The Labute approximate surface area is 91.2 Å². The molecule has 0 aliphatic carbocycles. The van der Waals surface area contributed by atoms with Crippen LogP contribution in [0.4, 0.5) is 10.5 Å². The zero-order valence-electron chi connectivity index (χ0n) is 8.43. The van der Waals surface area contributed by atoms with Crippen LogP contribution in [0.3, 0.4) is 0 Å². The molecule has 0 aliphatic heterocycles. The number of aliphatic hydroxyl groups is 1. The predicted molar refractivity (Wildman–Crippen MR) is 58.2 cm³/mol. The summed E-state index contributed by atoms with van der Waals surface area (Å²) in [6.45, 7) is -0.203. The number of ether oxygens (including phenoxy) is 1. The van der Waals surface area contributed by atoms with Gasteiger partial charge in [0.05, 0.1) is 18.3 Å². The Bertz CT molecular complexity index is 495. The van der Waals surface area contributed by atoms with E-state index < -0.39 is 6.09 Å². The number of hydrogen-bond acceptors (Lipinski definition) is 4. The molecule has 0 spiro atoms. The van der Waals surface area contributed by atoms with Gasteiger partial charge in [-0.2, -0.15) is 5.10 Å². The molecule has 0 saturated carbocycles. The summed E-state index contributed by atoms with van der Waals surface area (Å²) in [5, 5.41) is 18.6. The highest BCUT2D eigenvalue weighted by Gasteiger charge is 2.03. The Morgan fingerprint density at radius 1 is 1.56 bits per heavy atom. The van der Waals surface area contributed by atoms with Crippen molar-refractivity contribution < 1.29 is 14.6 Å². The molecule has 0 radical (unpaired) electrons. The lowest BCUT2D eigenvalue weighted by Crippen LogP contribution is -2.15. The number of nitrogens with zero attached hydrogens (tertiary/aromatic N) is 1. The molecule has 0 fully saturated rings. The maximum absolute atomic E-state index is 11.2. The Morgan fingerprint density at radius 2 is 2.44 bits per heavy atom. The second-order valence-corrected chi connectivity index (χ2v) is 3.16. The molecule has 2 aromatic rings. The number of carbonyl (C=O) groups is 1. The number of aromatic nitrogens is 2. The van der Waals surface area contributed by atoms with E-state index in [0.717, 1.165) is 10.9 Å². The number of H-pyrrole nitrogens is 1. The number of fused-ring (bicyclic) bond motifs is 1. The smallest absolute Gasteiger partial charge is 0.411 e. The third-order valence-corrected chi connectivity index (χ3v) is 2.01. The standard InChI is InChI=1S/C10H11N3O3/c14-3-4-16-10(15)12-8-2-1-7-6-11-13-9(7)5-8/h1-2,5-6,14H,3-4H2,(H,11,13)(H,12,15). The lowest BCUT2D eigenvalue weighted by molar-refractivity contribution is 0.131. The van der Waals surface area contributed by atoms with Gasteiger partial charge >= 0.3 is 6.09 Å². The molecule has 6 nitrogen and oxygen atoms in total. The second-order valence-electron chi connectivity index (χ2n) is 3.16. The van der Waals surface area contributed by atoms with Crippen molar-refractivity contribution in [3.05, 3.63) is 24.4 Å². The topological polar surface area (TPSA) is 87.2 Å². The maximum Gasteiger partial charge on any atom is 0.411 e.